The number of carboxylic acid groups (broad SMARTS) is 1. The van der Waals surface area contributed by atoms with E-state index in [4.69, 9.17) is 0 Å². The molecule has 10 heteroatoms. The van der Waals surface area contributed by atoms with Gasteiger partial charge in [0.05, 0.1) is 0 Å². The molecule has 0 saturated carbocycles. The second-order valence-electron chi connectivity index (χ2n) is 8.45. The number of benzene rings is 2. The Bertz CT molecular complexity index is 1540. The SMILES string of the molecule is C[As]c1nccc(-c2cc3cc(C(=O)NC(CN(c4ccccc4)c4ccccn4)C(=O)O)ccc3[nH]2)n1. The summed E-state index contributed by atoms with van der Waals surface area (Å²) in [6, 6.07) is 22.6. The summed E-state index contributed by atoms with van der Waals surface area (Å²) in [6.45, 7) is -0.00560. The van der Waals surface area contributed by atoms with Crippen LogP contribution in [-0.4, -0.2) is 65.3 Å². The number of nitrogens with one attached hydrogen (secondary N) is 2. The normalized spacial score (nSPS) is 12.0. The molecule has 1 radical (unpaired) electrons. The van der Waals surface area contributed by atoms with Gasteiger partial charge < -0.3 is 10.0 Å². The van der Waals surface area contributed by atoms with Gasteiger partial charge in [0.25, 0.3) is 0 Å². The zero-order valence-corrected chi connectivity index (χ0v) is 22.3. The predicted octanol–water partition coefficient (Wildman–Crippen LogP) is 3.42. The van der Waals surface area contributed by atoms with E-state index in [-0.39, 0.29) is 22.3 Å². The number of pyridine rings is 1. The summed E-state index contributed by atoms with van der Waals surface area (Å²) < 4.78 is 0.840. The van der Waals surface area contributed by atoms with Crippen LogP contribution in [0.4, 0.5) is 11.5 Å². The standard InChI is InChI=1S/C28H24AsN6O3/c1-29-28-31-14-12-22(34-28)23-16-19-15-18(10-11-21(19)32-23)26(36)33-24(27(37)38)17-35(20-7-3-2-4-8-20)25-9-5-6-13-30-25/h2-16,24,32H,17H2,1H3,(H,33,36)(H,37,38). The Balaban J connectivity index is 1.38. The van der Waals surface area contributed by atoms with Crippen LogP contribution in [0.2, 0.25) is 5.71 Å². The molecule has 5 rings (SSSR count). The zero-order chi connectivity index (χ0) is 26.5. The number of nitrogens with zero attached hydrogens (tertiary/aromatic N) is 4. The Hall–Kier alpha value is -4.49. The van der Waals surface area contributed by atoms with Crippen molar-refractivity contribution in [3.8, 4) is 11.4 Å². The monoisotopic (exact) mass is 567 g/mol. The second kappa shape index (κ2) is 11.3. The Labute approximate surface area is 225 Å². The second-order valence-corrected chi connectivity index (χ2v) is 10.2. The first-order chi connectivity index (χ1) is 18.5. The number of fused-ring (bicyclic) bond motifs is 1. The summed E-state index contributed by atoms with van der Waals surface area (Å²) in [5.74, 6) is -1.04. The van der Waals surface area contributed by atoms with E-state index in [0.29, 0.717) is 11.4 Å². The molecule has 9 nitrogen and oxygen atoms in total. The van der Waals surface area contributed by atoms with Crippen LogP contribution in [0, 0.1) is 0 Å². The first-order valence-electron chi connectivity index (χ1n) is 11.8. The maximum atomic E-state index is 13.2. The number of hydrogen-bond donors (Lipinski definition) is 3. The van der Waals surface area contributed by atoms with Gasteiger partial charge in [-0.25, -0.2) is 9.78 Å². The van der Waals surface area contributed by atoms with Crippen molar-refractivity contribution in [2.75, 3.05) is 11.4 Å². The minimum absolute atomic E-state index is 0.00560. The summed E-state index contributed by atoms with van der Waals surface area (Å²) in [4.78, 5) is 43.8. The van der Waals surface area contributed by atoms with Gasteiger partial charge in [0, 0.05) is 11.9 Å². The van der Waals surface area contributed by atoms with E-state index in [9.17, 15) is 14.7 Å². The van der Waals surface area contributed by atoms with Crippen molar-refractivity contribution < 1.29 is 14.7 Å². The Kier molecular flexibility index (Phi) is 7.47. The van der Waals surface area contributed by atoms with E-state index >= 15 is 0 Å². The number of H-pyrrole nitrogens is 1. The minimum atomic E-state index is -1.18. The van der Waals surface area contributed by atoms with Gasteiger partial charge in [-0.2, -0.15) is 0 Å². The topological polar surface area (TPSA) is 124 Å². The Morgan fingerprint density at radius 2 is 1.82 bits per heavy atom. The first-order valence-corrected chi connectivity index (χ1v) is 14.7. The summed E-state index contributed by atoms with van der Waals surface area (Å²) >= 11 is -0.0919. The molecule has 0 bridgehead atoms. The molecule has 1 unspecified atom stereocenters. The van der Waals surface area contributed by atoms with Gasteiger partial charge in [-0.1, -0.05) is 24.3 Å². The molecule has 0 aliphatic rings. The van der Waals surface area contributed by atoms with Crippen LogP contribution in [0.15, 0.2) is 91.3 Å². The third-order valence-electron chi connectivity index (χ3n) is 5.96. The molecule has 0 spiro atoms. The number of hydrogen-bond acceptors (Lipinski definition) is 6. The average Bonchev–Trinajstić information content (AvgIpc) is 3.39. The summed E-state index contributed by atoms with van der Waals surface area (Å²) in [6.07, 6.45) is 3.39. The fourth-order valence-corrected chi connectivity index (χ4v) is 4.90. The van der Waals surface area contributed by atoms with Crippen LogP contribution in [0.3, 0.4) is 0 Å². The van der Waals surface area contributed by atoms with E-state index in [1.165, 1.54) is 0 Å². The number of aliphatic carboxylic acids is 1. The molecule has 38 heavy (non-hydrogen) atoms. The predicted molar refractivity (Wildman–Crippen MR) is 147 cm³/mol. The third kappa shape index (κ3) is 5.58. The number of rotatable bonds is 9. The van der Waals surface area contributed by atoms with Gasteiger partial charge in [-0.15, -0.1) is 0 Å². The quantitative estimate of drug-likeness (QED) is 0.233. The molecule has 1 atom stereocenters. The molecule has 0 aliphatic heterocycles. The summed E-state index contributed by atoms with van der Waals surface area (Å²) in [5.41, 5.74) is 5.68. The van der Waals surface area contributed by atoms with E-state index in [1.54, 1.807) is 41.6 Å². The summed E-state index contributed by atoms with van der Waals surface area (Å²) in [7, 11) is 0. The van der Waals surface area contributed by atoms with Crippen LogP contribution in [0.1, 0.15) is 10.4 Å². The molecule has 1 amide bonds. The molecule has 3 heterocycles. The average molecular weight is 567 g/mol. The molecular formula is C28H24AsN6O3. The van der Waals surface area contributed by atoms with Crippen molar-refractivity contribution in [1.29, 1.82) is 0 Å². The molecule has 0 aliphatic carbocycles. The van der Waals surface area contributed by atoms with Crippen LogP contribution in [-0.2, 0) is 4.79 Å². The van der Waals surface area contributed by atoms with Crippen molar-refractivity contribution in [3.63, 3.8) is 0 Å². The number of amides is 1. The molecule has 0 fully saturated rings. The first kappa shape index (κ1) is 25.2. The van der Waals surface area contributed by atoms with Gasteiger partial charge in [0.1, 0.15) is 5.82 Å². The zero-order valence-electron chi connectivity index (χ0n) is 20.4. The molecular weight excluding hydrogens is 543 g/mol. The van der Waals surface area contributed by atoms with Crippen LogP contribution in [0.5, 0.6) is 0 Å². The number of aromatic nitrogens is 4. The van der Waals surface area contributed by atoms with Crippen molar-refractivity contribution in [1.82, 2.24) is 25.3 Å². The van der Waals surface area contributed by atoms with Crippen molar-refractivity contribution >= 4 is 54.6 Å². The number of anilines is 2. The van der Waals surface area contributed by atoms with Gasteiger partial charge in [-0.05, 0) is 24.3 Å². The number of carbonyl (C=O) groups is 2. The molecule has 189 valence electrons. The van der Waals surface area contributed by atoms with E-state index < -0.39 is 17.9 Å². The van der Waals surface area contributed by atoms with E-state index in [0.717, 1.165) is 32.6 Å². The van der Waals surface area contributed by atoms with E-state index in [2.05, 4.69) is 31.0 Å². The molecule has 2 aromatic carbocycles. The number of para-hydroxylation sites is 1. The number of carboxylic acids is 1. The number of aromatic amines is 1. The molecule has 0 saturated heterocycles. The van der Waals surface area contributed by atoms with Crippen LogP contribution < -0.4 is 14.8 Å². The third-order valence-corrected chi connectivity index (χ3v) is 7.26. The van der Waals surface area contributed by atoms with Gasteiger partial charge in [0.2, 0.25) is 0 Å². The van der Waals surface area contributed by atoms with Crippen LogP contribution >= 0.6 is 0 Å². The molecule has 5 aromatic rings. The van der Waals surface area contributed by atoms with Crippen LogP contribution in [0.25, 0.3) is 22.3 Å². The summed E-state index contributed by atoms with van der Waals surface area (Å²) in [5, 5.41) is 13.5. The van der Waals surface area contributed by atoms with E-state index in [1.807, 2.05) is 54.6 Å². The fraction of sp³-hybridized carbons (Fsp3) is 0.107. The Morgan fingerprint density at radius 3 is 2.55 bits per heavy atom. The van der Waals surface area contributed by atoms with Crippen molar-refractivity contribution in [2.45, 2.75) is 11.8 Å². The number of carbonyl (C=O) groups excluding carboxylic acids is 1. The van der Waals surface area contributed by atoms with Gasteiger partial charge in [0.15, 0.2) is 0 Å². The maximum absolute atomic E-state index is 13.2. The molecule has 3 N–H and O–H groups in total. The van der Waals surface area contributed by atoms with Gasteiger partial charge in [-0.3, -0.25) is 0 Å². The fourth-order valence-electron chi connectivity index (χ4n) is 4.08. The molecule has 3 aromatic heterocycles. The van der Waals surface area contributed by atoms with Gasteiger partial charge >= 0.3 is 140 Å². The van der Waals surface area contributed by atoms with Crippen molar-refractivity contribution in [3.05, 3.63) is 96.8 Å². The van der Waals surface area contributed by atoms with Crippen molar-refractivity contribution in [2.24, 2.45) is 0 Å². The Morgan fingerprint density at radius 1 is 1.00 bits per heavy atom.